The van der Waals surface area contributed by atoms with E-state index in [4.69, 9.17) is 9.88 Å². The molecule has 0 spiro atoms. The highest BCUT2D eigenvalue weighted by atomic mass is 32.2. The predicted molar refractivity (Wildman–Crippen MR) is 103 cm³/mol. The maximum atomic E-state index is 11.5. The molecule has 2 N–H and O–H groups in total. The van der Waals surface area contributed by atoms with Gasteiger partial charge in [0.1, 0.15) is 5.75 Å². The third-order valence-electron chi connectivity index (χ3n) is 4.38. The van der Waals surface area contributed by atoms with Gasteiger partial charge in [-0.1, -0.05) is 0 Å². The summed E-state index contributed by atoms with van der Waals surface area (Å²) in [6.07, 6.45) is 0. The van der Waals surface area contributed by atoms with Crippen LogP contribution < -0.4 is 9.88 Å². The van der Waals surface area contributed by atoms with Crippen molar-refractivity contribution in [3.05, 3.63) is 65.9 Å². The van der Waals surface area contributed by atoms with Crippen molar-refractivity contribution in [2.45, 2.75) is 25.7 Å². The van der Waals surface area contributed by atoms with Gasteiger partial charge in [-0.15, -0.1) is 0 Å². The van der Waals surface area contributed by atoms with Gasteiger partial charge in [-0.3, -0.25) is 0 Å². The van der Waals surface area contributed by atoms with E-state index >= 15 is 0 Å². The number of sulfonamides is 1. The van der Waals surface area contributed by atoms with Crippen LogP contribution in [-0.2, 0) is 10.0 Å². The molecule has 0 unspecified atom stereocenters. The molecule has 0 saturated heterocycles. The number of benzene rings is 2. The van der Waals surface area contributed by atoms with E-state index in [9.17, 15) is 8.42 Å². The van der Waals surface area contributed by atoms with Crippen molar-refractivity contribution in [3.63, 3.8) is 0 Å². The fraction of sp³-hybridized carbons (Fsp3) is 0.200. The smallest absolute Gasteiger partial charge is 0.238 e. The Kier molecular flexibility index (Phi) is 4.89. The van der Waals surface area contributed by atoms with Crippen LogP contribution in [0.2, 0.25) is 0 Å². The topological polar surface area (TPSA) is 74.3 Å². The highest BCUT2D eigenvalue weighted by Crippen LogP contribution is 2.30. The predicted octanol–water partition coefficient (Wildman–Crippen LogP) is 3.81. The lowest BCUT2D eigenvalue weighted by Crippen LogP contribution is -2.12. The lowest BCUT2D eigenvalue weighted by Gasteiger charge is -2.13. The van der Waals surface area contributed by atoms with Crippen LogP contribution >= 0.6 is 0 Å². The van der Waals surface area contributed by atoms with Gasteiger partial charge in [-0.05, 0) is 86.5 Å². The van der Waals surface area contributed by atoms with Crippen molar-refractivity contribution in [3.8, 4) is 22.7 Å². The molecule has 0 aliphatic rings. The average Bonchev–Trinajstić information content (AvgIpc) is 2.90. The SMILES string of the molecule is CCOc1ccc(-c2cc(C)c(C)n2-c2ccc(S(N)(=O)=O)cc2)cc1. The minimum Gasteiger partial charge on any atom is -0.494 e. The zero-order valence-corrected chi connectivity index (χ0v) is 15.9. The zero-order valence-electron chi connectivity index (χ0n) is 15.1. The first-order valence-corrected chi connectivity index (χ1v) is 9.91. The number of nitrogens with zero attached hydrogens (tertiary/aromatic N) is 1. The first kappa shape index (κ1) is 18.2. The Bertz CT molecular complexity index is 1020. The van der Waals surface area contributed by atoms with Crippen molar-refractivity contribution in [1.82, 2.24) is 4.57 Å². The fourth-order valence-corrected chi connectivity index (χ4v) is 3.47. The van der Waals surface area contributed by atoms with Crippen LogP contribution in [0.3, 0.4) is 0 Å². The van der Waals surface area contributed by atoms with Gasteiger partial charge in [-0.25, -0.2) is 13.6 Å². The quantitative estimate of drug-likeness (QED) is 0.742. The Morgan fingerprint density at radius 3 is 2.15 bits per heavy atom. The van der Waals surface area contributed by atoms with Crippen molar-refractivity contribution >= 4 is 10.0 Å². The van der Waals surface area contributed by atoms with Gasteiger partial charge in [0.2, 0.25) is 10.0 Å². The minimum absolute atomic E-state index is 0.102. The molecule has 0 saturated carbocycles. The molecule has 0 radical (unpaired) electrons. The Hall–Kier alpha value is -2.57. The molecule has 3 rings (SSSR count). The number of primary sulfonamides is 1. The molecule has 1 aromatic heterocycles. The van der Waals surface area contributed by atoms with E-state index in [0.717, 1.165) is 34.0 Å². The molecule has 0 aliphatic heterocycles. The zero-order chi connectivity index (χ0) is 18.9. The van der Waals surface area contributed by atoms with Crippen LogP contribution in [0, 0.1) is 13.8 Å². The second kappa shape index (κ2) is 6.97. The average molecular weight is 370 g/mol. The monoisotopic (exact) mass is 370 g/mol. The number of aryl methyl sites for hydroxylation is 1. The second-order valence-corrected chi connectivity index (χ2v) is 7.69. The number of hydrogen-bond donors (Lipinski definition) is 1. The molecule has 0 fully saturated rings. The van der Waals surface area contributed by atoms with Crippen molar-refractivity contribution in [2.75, 3.05) is 6.61 Å². The summed E-state index contributed by atoms with van der Waals surface area (Å²) < 4.78 is 30.6. The van der Waals surface area contributed by atoms with E-state index < -0.39 is 10.0 Å². The fourth-order valence-electron chi connectivity index (χ4n) is 2.95. The van der Waals surface area contributed by atoms with E-state index in [1.807, 2.05) is 38.1 Å². The first-order valence-electron chi connectivity index (χ1n) is 8.36. The molecule has 136 valence electrons. The molecular formula is C20H22N2O3S. The van der Waals surface area contributed by atoms with Crippen LogP contribution in [-0.4, -0.2) is 19.6 Å². The van der Waals surface area contributed by atoms with E-state index in [1.54, 1.807) is 12.1 Å². The Balaban J connectivity index is 2.08. The summed E-state index contributed by atoms with van der Waals surface area (Å²) >= 11 is 0. The summed E-state index contributed by atoms with van der Waals surface area (Å²) in [5.74, 6) is 0.834. The standard InChI is InChI=1S/C20H22N2O3S/c1-4-25-18-9-5-16(6-10-18)20-13-14(2)15(3)22(20)17-7-11-19(12-8-17)26(21,23)24/h5-13H,4H2,1-3H3,(H2,21,23,24). The third kappa shape index (κ3) is 3.52. The van der Waals surface area contributed by atoms with Crippen molar-refractivity contribution in [2.24, 2.45) is 5.14 Å². The molecule has 0 amide bonds. The first-order chi connectivity index (χ1) is 12.3. The van der Waals surface area contributed by atoms with Gasteiger partial charge >= 0.3 is 0 Å². The molecule has 6 heteroatoms. The Morgan fingerprint density at radius 2 is 1.62 bits per heavy atom. The molecule has 2 aromatic carbocycles. The van der Waals surface area contributed by atoms with Crippen LogP contribution in [0.15, 0.2) is 59.5 Å². The van der Waals surface area contributed by atoms with Crippen LogP contribution in [0.1, 0.15) is 18.2 Å². The van der Waals surface area contributed by atoms with Crippen LogP contribution in [0.25, 0.3) is 16.9 Å². The second-order valence-electron chi connectivity index (χ2n) is 6.13. The summed E-state index contributed by atoms with van der Waals surface area (Å²) in [4.78, 5) is 0.102. The van der Waals surface area contributed by atoms with E-state index in [1.165, 1.54) is 12.1 Å². The molecular weight excluding hydrogens is 348 g/mol. The summed E-state index contributed by atoms with van der Waals surface area (Å²) in [6.45, 7) is 6.69. The Morgan fingerprint density at radius 1 is 1.00 bits per heavy atom. The number of rotatable bonds is 5. The summed E-state index contributed by atoms with van der Waals surface area (Å²) in [5, 5.41) is 5.19. The number of ether oxygens (including phenoxy) is 1. The molecule has 3 aromatic rings. The van der Waals surface area contributed by atoms with Gasteiger partial charge in [0.15, 0.2) is 0 Å². The van der Waals surface area contributed by atoms with Gasteiger partial charge < -0.3 is 9.30 Å². The number of nitrogens with two attached hydrogens (primary N) is 1. The van der Waals surface area contributed by atoms with Crippen molar-refractivity contribution < 1.29 is 13.2 Å². The van der Waals surface area contributed by atoms with Crippen LogP contribution in [0.5, 0.6) is 5.75 Å². The third-order valence-corrected chi connectivity index (χ3v) is 5.31. The largest absolute Gasteiger partial charge is 0.494 e. The van der Waals surface area contributed by atoms with E-state index in [0.29, 0.717) is 6.61 Å². The summed E-state index contributed by atoms with van der Waals surface area (Å²) in [6, 6.07) is 16.7. The molecule has 0 atom stereocenters. The summed E-state index contributed by atoms with van der Waals surface area (Å²) in [5.41, 5.74) is 5.22. The lowest BCUT2D eigenvalue weighted by atomic mass is 10.1. The maximum absolute atomic E-state index is 11.5. The van der Waals surface area contributed by atoms with Crippen LogP contribution in [0.4, 0.5) is 0 Å². The highest BCUT2D eigenvalue weighted by molar-refractivity contribution is 7.89. The van der Waals surface area contributed by atoms with Gasteiger partial charge in [-0.2, -0.15) is 0 Å². The van der Waals surface area contributed by atoms with E-state index in [-0.39, 0.29) is 4.90 Å². The molecule has 26 heavy (non-hydrogen) atoms. The molecule has 0 bridgehead atoms. The van der Waals surface area contributed by atoms with E-state index in [2.05, 4.69) is 17.6 Å². The van der Waals surface area contributed by atoms with Gasteiger partial charge in [0.05, 0.1) is 17.2 Å². The minimum atomic E-state index is -3.70. The highest BCUT2D eigenvalue weighted by Gasteiger charge is 2.14. The van der Waals surface area contributed by atoms with Gasteiger partial charge in [0.25, 0.3) is 0 Å². The normalized spacial score (nSPS) is 11.5. The van der Waals surface area contributed by atoms with Gasteiger partial charge in [0, 0.05) is 11.4 Å². The maximum Gasteiger partial charge on any atom is 0.238 e. The van der Waals surface area contributed by atoms with Crippen molar-refractivity contribution in [1.29, 1.82) is 0 Å². The molecule has 5 nitrogen and oxygen atoms in total. The molecule has 0 aliphatic carbocycles. The molecule has 1 heterocycles. The number of hydrogen-bond acceptors (Lipinski definition) is 3. The number of aromatic nitrogens is 1. The lowest BCUT2D eigenvalue weighted by molar-refractivity contribution is 0.340. The summed E-state index contributed by atoms with van der Waals surface area (Å²) in [7, 11) is -3.70. The Labute approximate surface area is 154 Å².